The van der Waals surface area contributed by atoms with Crippen molar-refractivity contribution < 1.29 is 4.74 Å². The summed E-state index contributed by atoms with van der Waals surface area (Å²) in [7, 11) is 2.24. The van der Waals surface area contributed by atoms with E-state index in [4.69, 9.17) is 4.74 Å². The van der Waals surface area contributed by atoms with E-state index in [1.165, 1.54) is 25.1 Å². The van der Waals surface area contributed by atoms with Crippen molar-refractivity contribution in [3.63, 3.8) is 0 Å². The molecule has 1 saturated heterocycles. The number of hydrogen-bond donors (Lipinski definition) is 1. The zero-order chi connectivity index (χ0) is 14.4. The minimum Gasteiger partial charge on any atom is -0.381 e. The first-order chi connectivity index (χ1) is 8.87. The molecule has 0 saturated carbocycles. The Morgan fingerprint density at radius 1 is 1.37 bits per heavy atom. The summed E-state index contributed by atoms with van der Waals surface area (Å²) in [6, 6.07) is 0. The molecule has 0 radical (unpaired) electrons. The van der Waals surface area contributed by atoms with Crippen molar-refractivity contribution in [1.29, 1.82) is 0 Å². The highest BCUT2D eigenvalue weighted by Gasteiger charge is 2.34. The number of ether oxygens (including phenoxy) is 1. The second kappa shape index (κ2) is 7.87. The van der Waals surface area contributed by atoms with Gasteiger partial charge in [-0.3, -0.25) is 0 Å². The molecule has 1 aliphatic rings. The van der Waals surface area contributed by atoms with Gasteiger partial charge in [-0.2, -0.15) is 11.8 Å². The quantitative estimate of drug-likeness (QED) is 0.778. The lowest BCUT2D eigenvalue weighted by Crippen LogP contribution is -2.52. The molecular formula is C15H32N2OS. The average Bonchev–Trinajstić information content (AvgIpc) is 2.34. The van der Waals surface area contributed by atoms with Crippen LogP contribution in [0.2, 0.25) is 0 Å². The van der Waals surface area contributed by atoms with E-state index >= 15 is 0 Å². The molecule has 3 nitrogen and oxygen atoms in total. The van der Waals surface area contributed by atoms with E-state index < -0.39 is 0 Å². The Labute approximate surface area is 123 Å². The lowest BCUT2D eigenvalue weighted by atomic mass is 9.81. The third-order valence-corrected chi connectivity index (χ3v) is 4.27. The molecule has 114 valence electrons. The summed E-state index contributed by atoms with van der Waals surface area (Å²) in [4.78, 5) is 2.47. The van der Waals surface area contributed by atoms with Crippen LogP contribution in [0.1, 0.15) is 33.6 Å². The maximum absolute atomic E-state index is 5.78. The second-order valence-electron chi connectivity index (χ2n) is 6.99. The minimum absolute atomic E-state index is 0.183. The van der Waals surface area contributed by atoms with Crippen LogP contribution in [0.4, 0.5) is 0 Å². The zero-order valence-corrected chi connectivity index (χ0v) is 14.2. The normalized spacial score (nSPS) is 24.9. The molecule has 0 amide bonds. The van der Waals surface area contributed by atoms with Crippen LogP contribution < -0.4 is 5.32 Å². The Morgan fingerprint density at radius 3 is 2.63 bits per heavy atom. The molecule has 1 rings (SSSR count). The smallest absolute Gasteiger partial charge is 0.0546 e. The van der Waals surface area contributed by atoms with E-state index in [1.807, 2.05) is 11.8 Å². The summed E-state index contributed by atoms with van der Waals surface area (Å²) < 4.78 is 5.78. The summed E-state index contributed by atoms with van der Waals surface area (Å²) in [5, 5.41) is 3.68. The molecule has 1 fully saturated rings. The Morgan fingerprint density at radius 2 is 2.11 bits per heavy atom. The molecule has 1 aliphatic heterocycles. The van der Waals surface area contributed by atoms with Crippen LogP contribution in [-0.2, 0) is 4.74 Å². The van der Waals surface area contributed by atoms with Gasteiger partial charge in [0.2, 0.25) is 0 Å². The predicted molar refractivity (Wildman–Crippen MR) is 86.1 cm³/mol. The molecule has 1 atom stereocenters. The summed E-state index contributed by atoms with van der Waals surface area (Å²) in [6.07, 6.45) is 4.65. The van der Waals surface area contributed by atoms with Crippen LogP contribution in [0.5, 0.6) is 0 Å². The Hall–Kier alpha value is 0.230. The maximum atomic E-state index is 5.78. The van der Waals surface area contributed by atoms with Crippen molar-refractivity contribution in [2.45, 2.75) is 39.2 Å². The van der Waals surface area contributed by atoms with Crippen LogP contribution in [-0.4, -0.2) is 62.3 Å². The maximum Gasteiger partial charge on any atom is 0.0546 e. The van der Waals surface area contributed by atoms with E-state index in [0.29, 0.717) is 5.41 Å². The SMILES string of the molecule is CSCCN(C)CC1(CNC(C)(C)C)CCCOC1. The van der Waals surface area contributed by atoms with Gasteiger partial charge < -0.3 is 15.0 Å². The van der Waals surface area contributed by atoms with Crippen molar-refractivity contribution in [2.75, 3.05) is 51.9 Å². The molecule has 19 heavy (non-hydrogen) atoms. The van der Waals surface area contributed by atoms with Crippen molar-refractivity contribution >= 4 is 11.8 Å². The first-order valence-corrected chi connectivity index (χ1v) is 8.77. The Balaban J connectivity index is 2.54. The monoisotopic (exact) mass is 288 g/mol. The zero-order valence-electron chi connectivity index (χ0n) is 13.4. The van der Waals surface area contributed by atoms with Gasteiger partial charge in [0.1, 0.15) is 0 Å². The first kappa shape index (κ1) is 17.3. The standard InChI is InChI=1S/C15H32N2OS/c1-14(2,3)16-11-15(7-6-9-18-13-15)12-17(4)8-10-19-5/h16H,6-13H2,1-5H3. The van der Waals surface area contributed by atoms with Crippen LogP contribution in [0.25, 0.3) is 0 Å². The summed E-state index contributed by atoms with van der Waals surface area (Å²) in [5.74, 6) is 1.21. The molecule has 4 heteroatoms. The molecule has 1 N–H and O–H groups in total. The number of thioether (sulfide) groups is 1. The van der Waals surface area contributed by atoms with E-state index in [1.54, 1.807) is 0 Å². The first-order valence-electron chi connectivity index (χ1n) is 7.37. The van der Waals surface area contributed by atoms with Gasteiger partial charge in [-0.05, 0) is 46.9 Å². The van der Waals surface area contributed by atoms with Crippen LogP contribution in [0.3, 0.4) is 0 Å². The van der Waals surface area contributed by atoms with Crippen molar-refractivity contribution in [2.24, 2.45) is 5.41 Å². The molecular weight excluding hydrogens is 256 g/mol. The third kappa shape index (κ3) is 6.98. The molecule has 0 bridgehead atoms. The summed E-state index contributed by atoms with van der Waals surface area (Å²) >= 11 is 1.92. The highest BCUT2D eigenvalue weighted by atomic mass is 32.2. The second-order valence-corrected chi connectivity index (χ2v) is 7.98. The van der Waals surface area contributed by atoms with Gasteiger partial charge in [0.25, 0.3) is 0 Å². The predicted octanol–water partition coefficient (Wildman–Crippen LogP) is 2.47. The fraction of sp³-hybridized carbons (Fsp3) is 1.00. The Kier molecular flexibility index (Phi) is 7.15. The molecule has 1 unspecified atom stereocenters. The largest absolute Gasteiger partial charge is 0.381 e. The van der Waals surface area contributed by atoms with E-state index in [-0.39, 0.29) is 5.54 Å². The highest BCUT2D eigenvalue weighted by Crippen LogP contribution is 2.29. The lowest BCUT2D eigenvalue weighted by molar-refractivity contribution is -0.0245. The van der Waals surface area contributed by atoms with Gasteiger partial charge in [-0.1, -0.05) is 0 Å². The van der Waals surface area contributed by atoms with Crippen molar-refractivity contribution in [1.82, 2.24) is 10.2 Å². The summed E-state index contributed by atoms with van der Waals surface area (Å²) in [6.45, 7) is 11.9. The minimum atomic E-state index is 0.183. The lowest BCUT2D eigenvalue weighted by Gasteiger charge is -2.41. The molecule has 1 heterocycles. The van der Waals surface area contributed by atoms with Crippen molar-refractivity contribution in [3.05, 3.63) is 0 Å². The van der Waals surface area contributed by atoms with E-state index in [9.17, 15) is 0 Å². The molecule has 0 spiro atoms. The van der Waals surface area contributed by atoms with Gasteiger partial charge in [0, 0.05) is 42.9 Å². The van der Waals surface area contributed by atoms with Gasteiger partial charge in [0.15, 0.2) is 0 Å². The third-order valence-electron chi connectivity index (χ3n) is 3.68. The fourth-order valence-corrected chi connectivity index (χ4v) is 3.08. The number of nitrogens with zero attached hydrogens (tertiary/aromatic N) is 1. The van der Waals surface area contributed by atoms with Crippen LogP contribution in [0.15, 0.2) is 0 Å². The highest BCUT2D eigenvalue weighted by molar-refractivity contribution is 7.98. The van der Waals surface area contributed by atoms with E-state index in [2.05, 4.69) is 44.3 Å². The van der Waals surface area contributed by atoms with Crippen LogP contribution >= 0.6 is 11.8 Å². The molecule has 0 aromatic carbocycles. The van der Waals surface area contributed by atoms with Gasteiger partial charge >= 0.3 is 0 Å². The van der Waals surface area contributed by atoms with Gasteiger partial charge in [-0.25, -0.2) is 0 Å². The van der Waals surface area contributed by atoms with Gasteiger partial charge in [0.05, 0.1) is 6.61 Å². The fourth-order valence-electron chi connectivity index (χ4n) is 2.58. The number of nitrogens with one attached hydrogen (secondary N) is 1. The number of hydrogen-bond acceptors (Lipinski definition) is 4. The molecule has 0 aromatic heterocycles. The Bertz CT molecular complexity index is 247. The molecule has 0 aromatic rings. The van der Waals surface area contributed by atoms with E-state index in [0.717, 1.165) is 26.3 Å². The number of rotatable bonds is 7. The topological polar surface area (TPSA) is 24.5 Å². The van der Waals surface area contributed by atoms with Crippen molar-refractivity contribution in [3.8, 4) is 0 Å². The summed E-state index contributed by atoms with van der Waals surface area (Å²) in [5.41, 5.74) is 0.473. The molecule has 0 aliphatic carbocycles. The van der Waals surface area contributed by atoms with Gasteiger partial charge in [-0.15, -0.1) is 0 Å². The average molecular weight is 289 g/mol. The van der Waals surface area contributed by atoms with Crippen LogP contribution in [0, 0.1) is 5.41 Å².